The number of aryl methyl sites for hydroxylation is 2. The number of thiazole rings is 1. The molecule has 5 nitrogen and oxygen atoms in total. The van der Waals surface area contributed by atoms with Gasteiger partial charge < -0.3 is 9.67 Å². The van der Waals surface area contributed by atoms with E-state index in [9.17, 15) is 18.0 Å². The molecule has 160 valence electrons. The molecule has 0 unspecified atom stereocenters. The highest BCUT2D eigenvalue weighted by atomic mass is 32.1. The number of alkyl halides is 3. The number of rotatable bonds is 6. The van der Waals surface area contributed by atoms with Crippen molar-refractivity contribution in [1.29, 1.82) is 0 Å². The van der Waals surface area contributed by atoms with Crippen LogP contribution >= 0.6 is 11.3 Å². The maximum absolute atomic E-state index is 12.8. The molecule has 0 atom stereocenters. The second-order valence-electron chi connectivity index (χ2n) is 7.15. The van der Waals surface area contributed by atoms with Crippen LogP contribution in [0, 0.1) is 6.92 Å². The van der Waals surface area contributed by atoms with Crippen molar-refractivity contribution in [2.75, 3.05) is 0 Å². The van der Waals surface area contributed by atoms with Gasteiger partial charge in [-0.05, 0) is 37.1 Å². The van der Waals surface area contributed by atoms with Crippen molar-refractivity contribution in [1.82, 2.24) is 14.5 Å². The minimum atomic E-state index is -4.37. The zero-order chi connectivity index (χ0) is 22.2. The van der Waals surface area contributed by atoms with Gasteiger partial charge >= 0.3 is 12.1 Å². The number of aromatic nitrogens is 3. The third-order valence-electron chi connectivity index (χ3n) is 5.01. The minimum Gasteiger partial charge on any atom is -0.481 e. The van der Waals surface area contributed by atoms with Gasteiger partial charge in [-0.1, -0.05) is 24.3 Å². The Balaban J connectivity index is 1.59. The number of imidazole rings is 1. The van der Waals surface area contributed by atoms with Crippen LogP contribution in [0.4, 0.5) is 13.2 Å². The van der Waals surface area contributed by atoms with Crippen LogP contribution in [-0.4, -0.2) is 25.6 Å². The normalized spacial score (nSPS) is 11.9. The van der Waals surface area contributed by atoms with Crippen molar-refractivity contribution in [3.8, 4) is 10.6 Å². The SMILES string of the molecule is Cc1nc(-c2ccc(C(F)(F)F)cc2)sc1Cn1cnc2c(CCC(=O)O)cccc21. The Kier molecular flexibility index (Phi) is 5.53. The molecule has 0 aliphatic carbocycles. The molecule has 0 spiro atoms. The van der Waals surface area contributed by atoms with Crippen LogP contribution < -0.4 is 0 Å². The van der Waals surface area contributed by atoms with Crippen LogP contribution in [0.3, 0.4) is 0 Å². The molecule has 0 fully saturated rings. The van der Waals surface area contributed by atoms with Gasteiger partial charge in [-0.15, -0.1) is 11.3 Å². The number of fused-ring (bicyclic) bond motifs is 1. The van der Waals surface area contributed by atoms with Crippen molar-refractivity contribution in [3.05, 3.63) is 70.5 Å². The van der Waals surface area contributed by atoms with Gasteiger partial charge in [-0.2, -0.15) is 13.2 Å². The Bertz CT molecular complexity index is 1240. The standard InChI is InChI=1S/C22H18F3N3O2S/c1-13-18(31-21(27-13)15-5-8-16(9-6-15)22(23,24)25)11-28-12-26-20-14(7-10-19(29)30)3-2-4-17(20)28/h2-6,8-9,12H,7,10-11H2,1H3,(H,29,30). The molecule has 1 N–H and O–H groups in total. The van der Waals surface area contributed by atoms with Gasteiger partial charge in [0.25, 0.3) is 0 Å². The summed E-state index contributed by atoms with van der Waals surface area (Å²) < 4.78 is 40.4. The first kappa shape index (κ1) is 21.0. The highest BCUT2D eigenvalue weighted by Crippen LogP contribution is 2.33. The molecule has 0 saturated carbocycles. The molecule has 31 heavy (non-hydrogen) atoms. The minimum absolute atomic E-state index is 0.0381. The number of hydrogen-bond donors (Lipinski definition) is 1. The summed E-state index contributed by atoms with van der Waals surface area (Å²) in [5, 5.41) is 9.60. The molecule has 0 aliphatic heterocycles. The van der Waals surface area contributed by atoms with Crippen molar-refractivity contribution < 1.29 is 23.1 Å². The van der Waals surface area contributed by atoms with Gasteiger partial charge in [0.1, 0.15) is 5.01 Å². The fourth-order valence-electron chi connectivity index (χ4n) is 3.37. The number of halogens is 3. The van der Waals surface area contributed by atoms with Crippen molar-refractivity contribution in [2.24, 2.45) is 0 Å². The lowest BCUT2D eigenvalue weighted by atomic mass is 10.1. The summed E-state index contributed by atoms with van der Waals surface area (Å²) in [5.74, 6) is -0.854. The van der Waals surface area contributed by atoms with Gasteiger partial charge in [0, 0.05) is 16.9 Å². The average molecular weight is 445 g/mol. The molecule has 2 aromatic carbocycles. The molecule has 4 rings (SSSR count). The fraction of sp³-hybridized carbons (Fsp3) is 0.227. The van der Waals surface area contributed by atoms with Gasteiger partial charge in [0.2, 0.25) is 0 Å². The summed E-state index contributed by atoms with van der Waals surface area (Å²) in [6.45, 7) is 2.39. The Labute approximate surface area is 179 Å². The molecule has 0 amide bonds. The average Bonchev–Trinajstić information content (AvgIpc) is 3.30. The largest absolute Gasteiger partial charge is 0.481 e. The van der Waals surface area contributed by atoms with E-state index in [-0.39, 0.29) is 6.42 Å². The van der Waals surface area contributed by atoms with E-state index in [4.69, 9.17) is 5.11 Å². The third kappa shape index (κ3) is 4.46. The molecule has 0 saturated heterocycles. The first-order valence-corrected chi connectivity index (χ1v) is 10.3. The molecule has 2 heterocycles. The fourth-order valence-corrected chi connectivity index (χ4v) is 4.44. The summed E-state index contributed by atoms with van der Waals surface area (Å²) >= 11 is 1.43. The van der Waals surface area contributed by atoms with E-state index in [1.165, 1.54) is 23.5 Å². The number of benzene rings is 2. The Hall–Kier alpha value is -3.20. The second kappa shape index (κ2) is 8.14. The summed E-state index contributed by atoms with van der Waals surface area (Å²) in [7, 11) is 0. The number of hydrogen-bond acceptors (Lipinski definition) is 4. The summed E-state index contributed by atoms with van der Waals surface area (Å²) in [6.07, 6.45) is -2.21. The summed E-state index contributed by atoms with van der Waals surface area (Å²) in [6, 6.07) is 10.7. The van der Waals surface area contributed by atoms with Gasteiger partial charge in [0.15, 0.2) is 0 Å². The highest BCUT2D eigenvalue weighted by Gasteiger charge is 2.30. The van der Waals surface area contributed by atoms with E-state index < -0.39 is 17.7 Å². The van der Waals surface area contributed by atoms with Crippen LogP contribution in [0.5, 0.6) is 0 Å². The topological polar surface area (TPSA) is 68.0 Å². The lowest BCUT2D eigenvalue weighted by Gasteiger charge is -2.06. The first-order valence-electron chi connectivity index (χ1n) is 9.51. The number of carboxylic acid groups (broad SMARTS) is 1. The predicted molar refractivity (Wildman–Crippen MR) is 112 cm³/mol. The molecule has 0 radical (unpaired) electrons. The number of para-hydroxylation sites is 1. The van der Waals surface area contributed by atoms with E-state index in [2.05, 4.69) is 9.97 Å². The maximum Gasteiger partial charge on any atom is 0.416 e. The van der Waals surface area contributed by atoms with E-state index in [0.717, 1.165) is 39.3 Å². The molecule has 4 aromatic rings. The van der Waals surface area contributed by atoms with Crippen molar-refractivity contribution >= 4 is 28.3 Å². The van der Waals surface area contributed by atoms with E-state index in [0.29, 0.717) is 23.5 Å². The van der Waals surface area contributed by atoms with Gasteiger partial charge in [-0.25, -0.2) is 9.97 Å². The van der Waals surface area contributed by atoms with E-state index in [1.807, 2.05) is 29.7 Å². The van der Waals surface area contributed by atoms with Crippen molar-refractivity contribution in [2.45, 2.75) is 32.5 Å². The smallest absolute Gasteiger partial charge is 0.416 e. The molecular formula is C22H18F3N3O2S. The molecule has 9 heteroatoms. The lowest BCUT2D eigenvalue weighted by molar-refractivity contribution is -0.138. The number of aliphatic carboxylic acids is 1. The van der Waals surface area contributed by atoms with E-state index >= 15 is 0 Å². The van der Waals surface area contributed by atoms with Gasteiger partial charge in [-0.3, -0.25) is 4.79 Å². The zero-order valence-corrected chi connectivity index (χ0v) is 17.3. The highest BCUT2D eigenvalue weighted by molar-refractivity contribution is 7.15. The monoisotopic (exact) mass is 445 g/mol. The Morgan fingerprint density at radius 2 is 1.90 bits per heavy atom. The number of carboxylic acids is 1. The number of carbonyl (C=O) groups is 1. The molecule has 0 aliphatic rings. The van der Waals surface area contributed by atoms with Crippen LogP contribution in [-0.2, 0) is 23.9 Å². The second-order valence-corrected chi connectivity index (χ2v) is 8.24. The van der Waals surface area contributed by atoms with Crippen LogP contribution in [0.2, 0.25) is 0 Å². The molecular weight excluding hydrogens is 427 g/mol. The quantitative estimate of drug-likeness (QED) is 0.422. The first-order chi connectivity index (χ1) is 14.7. The predicted octanol–water partition coefficient (Wildman–Crippen LogP) is 5.55. The molecule has 0 bridgehead atoms. The maximum atomic E-state index is 12.8. The van der Waals surface area contributed by atoms with Crippen LogP contribution in [0.15, 0.2) is 48.8 Å². The van der Waals surface area contributed by atoms with Gasteiger partial charge in [0.05, 0.1) is 35.2 Å². The molecule has 2 aromatic heterocycles. The number of nitrogens with zero attached hydrogens (tertiary/aromatic N) is 3. The Morgan fingerprint density at radius 3 is 2.58 bits per heavy atom. The van der Waals surface area contributed by atoms with Crippen LogP contribution in [0.25, 0.3) is 21.6 Å². The van der Waals surface area contributed by atoms with Crippen molar-refractivity contribution in [3.63, 3.8) is 0 Å². The summed E-state index contributed by atoms with van der Waals surface area (Å²) in [5.41, 5.74) is 3.31. The van der Waals surface area contributed by atoms with E-state index in [1.54, 1.807) is 6.33 Å². The Morgan fingerprint density at radius 1 is 1.16 bits per heavy atom. The zero-order valence-electron chi connectivity index (χ0n) is 16.5. The lowest BCUT2D eigenvalue weighted by Crippen LogP contribution is -2.03. The summed E-state index contributed by atoms with van der Waals surface area (Å²) in [4.78, 5) is 20.9. The van der Waals surface area contributed by atoms with Crippen LogP contribution in [0.1, 0.15) is 28.1 Å². The third-order valence-corrected chi connectivity index (χ3v) is 6.20.